The Bertz CT molecular complexity index is 3110. The Morgan fingerprint density at radius 1 is 0.493 bits per heavy atom. The third kappa shape index (κ3) is 11.7. The highest BCUT2D eigenvalue weighted by Gasteiger charge is 2.29. The van der Waals surface area contributed by atoms with Crippen LogP contribution in [-0.2, 0) is 32.1 Å². The summed E-state index contributed by atoms with van der Waals surface area (Å²) in [6.07, 6.45) is 4.20. The van der Waals surface area contributed by atoms with Gasteiger partial charge < -0.3 is 0 Å². The van der Waals surface area contributed by atoms with Crippen LogP contribution in [0.3, 0.4) is 0 Å². The number of aryl methyl sites for hydroxylation is 7. The molecule has 0 N–H and O–H groups in total. The Kier molecular flexibility index (Phi) is 10.9. The second-order valence-corrected chi connectivity index (χ2v) is 19.9. The average Bonchev–Trinajstić information content (AvgIpc) is 3.43. The lowest BCUT2D eigenvalue weighted by atomic mass is 9.70. The molecule has 4 aliphatic heterocycles. The van der Waals surface area contributed by atoms with Gasteiger partial charge in [0.25, 0.3) is 0 Å². The highest BCUT2D eigenvalue weighted by molar-refractivity contribution is 5.73. The monoisotopic (exact) mass is 892 g/mol. The summed E-state index contributed by atoms with van der Waals surface area (Å²) in [5, 5.41) is 0. The first-order chi connectivity index (χ1) is 36.7. The van der Waals surface area contributed by atoms with Crippen molar-refractivity contribution in [2.75, 3.05) is 0 Å². The van der Waals surface area contributed by atoms with Gasteiger partial charge in [-0.1, -0.05) is 122 Å². The zero-order valence-corrected chi connectivity index (χ0v) is 39.2. The number of hydrogen-bond donors (Lipinski definition) is 0. The first-order valence-corrected chi connectivity index (χ1v) is 24.8. The maximum absolute atomic E-state index is 9.72. The average molecular weight is 892 g/mol. The Morgan fingerprint density at radius 3 is 1.63 bits per heavy atom. The van der Waals surface area contributed by atoms with Crippen LogP contribution in [0.25, 0.3) is 44.9 Å². The second-order valence-electron chi connectivity index (χ2n) is 19.9. The summed E-state index contributed by atoms with van der Waals surface area (Å²) in [5.74, 6) is -1.55. The molecule has 2 fully saturated rings. The lowest BCUT2D eigenvalue weighted by Crippen LogP contribution is -2.24. The van der Waals surface area contributed by atoms with Crippen molar-refractivity contribution in [2.45, 2.75) is 123 Å². The standard InChI is InChI=1S/C64H71N3/c1-44-4-24-57(25-5-44)61-40-64(65-41-46(61)3)60-30-20-49(21-31-60)8-13-56-38-54-11-6-47-16-26-58(27-17-47)62-32-22-50(42-66-62)9-14-52-34-45(2)35-53(36-52)15-10-51-23-33-63(67-43-51)59-28-18-48(19-29-59)7-12-55(37-54)39-56/h4-5,16-33,40-43,45,52-56H,6-15,34-39H2,1-3H3/i2D2,8D2,11D2,13D2,14D2. The van der Waals surface area contributed by atoms with E-state index in [0.29, 0.717) is 19.3 Å². The van der Waals surface area contributed by atoms with Crippen molar-refractivity contribution in [3.8, 4) is 44.9 Å². The van der Waals surface area contributed by atoms with E-state index in [2.05, 4.69) is 67.6 Å². The quantitative estimate of drug-likeness (QED) is 0.173. The summed E-state index contributed by atoms with van der Waals surface area (Å²) in [7, 11) is 0. The van der Waals surface area contributed by atoms with E-state index in [1.807, 2.05) is 73.9 Å². The fraction of sp³-hybridized carbons (Fsp3) is 0.391. The molecule has 3 aromatic heterocycles. The lowest BCUT2D eigenvalue weighted by Gasteiger charge is -2.35. The third-order valence-corrected chi connectivity index (χ3v) is 14.7. The van der Waals surface area contributed by atoms with E-state index in [9.17, 15) is 11.0 Å². The Labute approximate surface area is 416 Å². The van der Waals surface area contributed by atoms with Crippen LogP contribution < -0.4 is 0 Å². The fourth-order valence-electron chi connectivity index (χ4n) is 10.8. The van der Waals surface area contributed by atoms with Crippen molar-refractivity contribution in [3.63, 3.8) is 0 Å². The molecule has 0 saturated heterocycles. The highest BCUT2D eigenvalue weighted by atomic mass is 14.7. The van der Waals surface area contributed by atoms with Crippen LogP contribution in [0.15, 0.2) is 146 Å². The molecule has 9 aliphatic rings. The first-order valence-electron chi connectivity index (χ1n) is 29.9. The van der Waals surface area contributed by atoms with E-state index in [1.54, 1.807) is 18.3 Å². The van der Waals surface area contributed by atoms with Crippen LogP contribution in [0.1, 0.15) is 130 Å². The van der Waals surface area contributed by atoms with Gasteiger partial charge >= 0.3 is 0 Å². The van der Waals surface area contributed by atoms with Crippen LogP contribution in [0, 0.1) is 49.4 Å². The minimum absolute atomic E-state index is 0.0379. The van der Waals surface area contributed by atoms with E-state index >= 15 is 0 Å². The van der Waals surface area contributed by atoms with Gasteiger partial charge in [0.1, 0.15) is 0 Å². The van der Waals surface area contributed by atoms with Gasteiger partial charge in [0.15, 0.2) is 0 Å². The van der Waals surface area contributed by atoms with E-state index in [-0.39, 0.29) is 48.5 Å². The number of aromatic nitrogens is 3. The first kappa shape index (κ1) is 34.6. The lowest BCUT2D eigenvalue weighted by molar-refractivity contribution is 0.172. The molecular weight excluding hydrogens is 811 g/mol. The van der Waals surface area contributed by atoms with Crippen LogP contribution in [0.5, 0.6) is 0 Å². The van der Waals surface area contributed by atoms with Gasteiger partial charge in [0.2, 0.25) is 0 Å². The molecule has 3 heteroatoms. The Hall–Kier alpha value is -5.67. The molecule has 0 radical (unpaired) electrons. The third-order valence-electron chi connectivity index (χ3n) is 14.7. The zero-order valence-electron chi connectivity index (χ0n) is 49.2. The smallest absolute Gasteiger partial charge is 0.0708 e. The summed E-state index contributed by atoms with van der Waals surface area (Å²) < 4.78 is 93.1. The van der Waals surface area contributed by atoms with Crippen molar-refractivity contribution < 1.29 is 13.7 Å². The van der Waals surface area contributed by atoms with Crippen LogP contribution in [0.2, 0.25) is 0 Å². The number of pyridine rings is 3. The molecule has 5 aliphatic carbocycles. The predicted molar refractivity (Wildman–Crippen MR) is 280 cm³/mol. The Morgan fingerprint density at radius 2 is 0.985 bits per heavy atom. The van der Waals surface area contributed by atoms with E-state index < -0.39 is 44.2 Å². The van der Waals surface area contributed by atoms with Crippen LogP contribution >= 0.6 is 0 Å². The van der Waals surface area contributed by atoms with E-state index in [4.69, 9.17) is 17.7 Å². The molecule has 2 saturated carbocycles. The number of hydrogen-bond acceptors (Lipinski definition) is 3. The maximum Gasteiger partial charge on any atom is 0.0708 e. The molecule has 6 atom stereocenters. The van der Waals surface area contributed by atoms with Gasteiger partial charge in [0.05, 0.1) is 17.1 Å². The molecule has 3 nitrogen and oxygen atoms in total. The highest BCUT2D eigenvalue weighted by Crippen LogP contribution is 2.41. The van der Waals surface area contributed by atoms with Gasteiger partial charge in [-0.3, -0.25) is 15.0 Å². The van der Waals surface area contributed by atoms with Crippen molar-refractivity contribution in [1.82, 2.24) is 15.0 Å². The van der Waals surface area contributed by atoms with Crippen LogP contribution in [-0.4, -0.2) is 15.0 Å². The summed E-state index contributed by atoms with van der Waals surface area (Å²) in [6.45, 7) is 3.10. The van der Waals surface area contributed by atoms with Crippen LogP contribution in [0.4, 0.5) is 0 Å². The minimum atomic E-state index is -2.38. The SMILES string of the molecule is [2H]C([2H])C1CC2CCc3ccc(nc3)-c3ccc(cc3)CCC3CC(CC(C([2H])([2H])C([2H])([2H])c4ccc(-c5cc(-c6ccc(C)cc6)c(C)cn5)cc4)C3)C([2H])([2H])Cc3ccc(cc3)-c3ccc(cn3)CC([2H])([2H])C(C2)C1. The molecule has 4 aromatic carbocycles. The van der Waals surface area contributed by atoms with E-state index in [1.165, 1.54) is 5.56 Å². The molecule has 342 valence electrons. The normalized spacial score (nSPS) is 26.6. The minimum Gasteiger partial charge on any atom is -0.256 e. The number of benzene rings is 4. The zero-order chi connectivity index (χ0) is 54.3. The van der Waals surface area contributed by atoms with Gasteiger partial charge in [-0.15, -0.1) is 0 Å². The molecule has 6 unspecified atom stereocenters. The van der Waals surface area contributed by atoms with Gasteiger partial charge in [-0.25, -0.2) is 0 Å². The molecule has 16 rings (SSSR count). The summed E-state index contributed by atoms with van der Waals surface area (Å²) in [5.41, 5.74) is 13.5. The van der Waals surface area contributed by atoms with Crippen molar-refractivity contribution >= 4 is 0 Å². The number of nitrogens with zero attached hydrogens (tertiary/aromatic N) is 3. The van der Waals surface area contributed by atoms with Gasteiger partial charge in [-0.05, 0) is 215 Å². The molecule has 0 spiro atoms. The largest absolute Gasteiger partial charge is 0.256 e. The van der Waals surface area contributed by atoms with Crippen molar-refractivity contribution in [3.05, 3.63) is 185 Å². The van der Waals surface area contributed by atoms with E-state index in [0.717, 1.165) is 111 Å². The Balaban J connectivity index is 0.917. The molecule has 7 aromatic rings. The molecule has 67 heavy (non-hydrogen) atoms. The van der Waals surface area contributed by atoms with Crippen molar-refractivity contribution in [1.29, 1.82) is 0 Å². The maximum atomic E-state index is 9.72. The van der Waals surface area contributed by atoms with Crippen molar-refractivity contribution in [2.24, 2.45) is 35.5 Å². The summed E-state index contributed by atoms with van der Waals surface area (Å²) >= 11 is 0. The summed E-state index contributed by atoms with van der Waals surface area (Å²) in [4.78, 5) is 14.3. The molecular formula is C64H71N3. The number of rotatable bonds is 5. The molecule has 12 bridgehead atoms. The molecule has 0 amide bonds. The van der Waals surface area contributed by atoms with Gasteiger partial charge in [0, 0.05) is 49.0 Å². The second kappa shape index (κ2) is 21.1. The summed E-state index contributed by atoms with van der Waals surface area (Å²) in [6, 6.07) is 41.7. The predicted octanol–water partition coefficient (Wildman–Crippen LogP) is 16.3. The molecule has 7 heterocycles. The topological polar surface area (TPSA) is 38.7 Å². The fourth-order valence-corrected chi connectivity index (χ4v) is 10.8. The van der Waals surface area contributed by atoms with Gasteiger partial charge in [-0.2, -0.15) is 0 Å².